The Morgan fingerprint density at radius 1 is 0.483 bits per heavy atom. The molecule has 0 heterocycles. The van der Waals surface area contributed by atoms with Crippen LogP contribution in [0.1, 0.15) is 168 Å². The Hall–Kier alpha value is -0.330. The molecule has 0 aliphatic rings. The molecule has 0 saturated heterocycles. The van der Waals surface area contributed by atoms with Crippen molar-refractivity contribution in [1.29, 1.82) is 0 Å². The van der Waals surface area contributed by atoms with Gasteiger partial charge in [-0.2, -0.15) is 0 Å². The van der Waals surface area contributed by atoms with Crippen LogP contribution in [0, 0.1) is 5.92 Å². The number of hydrogen-bond donors (Lipinski definition) is 0. The van der Waals surface area contributed by atoms with Gasteiger partial charge < -0.3 is 4.79 Å². The van der Waals surface area contributed by atoms with Gasteiger partial charge in [0.15, 0.2) is 0 Å². The molecule has 29 heavy (non-hydrogen) atoms. The third-order valence-electron chi connectivity index (χ3n) is 6.57. The quantitative estimate of drug-likeness (QED) is 0.108. The summed E-state index contributed by atoms with van der Waals surface area (Å²) in [6.07, 6.45) is 34.4. The van der Waals surface area contributed by atoms with Crippen LogP contribution < -0.4 is 0 Å². The van der Waals surface area contributed by atoms with E-state index in [2.05, 4.69) is 13.8 Å². The normalized spacial score (nSPS) is 12.3. The maximum atomic E-state index is 10.3. The van der Waals surface area contributed by atoms with Gasteiger partial charge in [-0.1, -0.05) is 155 Å². The second kappa shape index (κ2) is 25.7. The van der Waals surface area contributed by atoms with Crippen LogP contribution in [0.2, 0.25) is 0 Å². The molecular weight excluding hydrogens is 352 g/mol. The molecule has 1 nitrogen and oxygen atoms in total. The van der Waals surface area contributed by atoms with E-state index in [1.54, 1.807) is 0 Å². The number of hydrogen-bond acceptors (Lipinski definition) is 1. The topological polar surface area (TPSA) is 17.1 Å². The highest BCUT2D eigenvalue weighted by Gasteiger charge is 2.02. The molecule has 174 valence electrons. The fraction of sp³-hybridized carbons (Fsp3) is 0.964. The van der Waals surface area contributed by atoms with Gasteiger partial charge in [0.1, 0.15) is 6.29 Å². The van der Waals surface area contributed by atoms with Gasteiger partial charge in [-0.25, -0.2) is 0 Å². The minimum atomic E-state index is 0.761. The molecule has 0 aromatic rings. The lowest BCUT2D eigenvalue weighted by Crippen LogP contribution is -1.95. The van der Waals surface area contributed by atoms with E-state index in [0.717, 1.165) is 25.0 Å². The first-order valence-corrected chi connectivity index (χ1v) is 13.7. The fourth-order valence-corrected chi connectivity index (χ4v) is 4.44. The lowest BCUT2D eigenvalue weighted by Gasteiger charge is -2.11. The molecule has 0 N–H and O–H groups in total. The van der Waals surface area contributed by atoms with Crippen LogP contribution in [-0.2, 0) is 4.79 Å². The highest BCUT2D eigenvalue weighted by atomic mass is 16.1. The summed E-state index contributed by atoms with van der Waals surface area (Å²) in [6.45, 7) is 4.77. The molecule has 1 atom stereocenters. The van der Waals surface area contributed by atoms with E-state index in [0.29, 0.717) is 0 Å². The standard InChI is InChI=1S/C28H56O/c1-3-4-5-6-7-8-9-10-13-16-19-22-25-28(2)26-23-20-17-14-11-12-15-18-21-24-27-29/h27-28H,3-26H2,1-2H3. The lowest BCUT2D eigenvalue weighted by molar-refractivity contribution is -0.107. The highest BCUT2D eigenvalue weighted by molar-refractivity contribution is 5.48. The number of carbonyl (C=O) groups is 1. The minimum absolute atomic E-state index is 0.761. The van der Waals surface area contributed by atoms with Crippen molar-refractivity contribution in [2.45, 2.75) is 168 Å². The Morgan fingerprint density at radius 2 is 0.793 bits per heavy atom. The molecule has 1 unspecified atom stereocenters. The SMILES string of the molecule is CCCCCCCCCCCCCCC(C)CCCCCCCCCCCC=O. The van der Waals surface area contributed by atoms with Crippen molar-refractivity contribution in [2.24, 2.45) is 5.92 Å². The van der Waals surface area contributed by atoms with E-state index in [4.69, 9.17) is 0 Å². The largest absolute Gasteiger partial charge is 0.303 e. The van der Waals surface area contributed by atoms with Crippen LogP contribution in [-0.4, -0.2) is 6.29 Å². The first-order chi connectivity index (χ1) is 14.3. The number of unbranched alkanes of at least 4 members (excludes halogenated alkanes) is 20. The lowest BCUT2D eigenvalue weighted by atomic mass is 9.95. The van der Waals surface area contributed by atoms with Crippen molar-refractivity contribution in [3.63, 3.8) is 0 Å². The van der Waals surface area contributed by atoms with Gasteiger partial charge in [0.05, 0.1) is 0 Å². The molecule has 0 aliphatic carbocycles. The molecule has 0 radical (unpaired) electrons. The predicted octanol–water partition coefficient (Wildman–Crippen LogP) is 10.2. The Balaban J connectivity index is 3.13. The van der Waals surface area contributed by atoms with Crippen molar-refractivity contribution < 1.29 is 4.79 Å². The van der Waals surface area contributed by atoms with Gasteiger partial charge >= 0.3 is 0 Å². The summed E-state index contributed by atoms with van der Waals surface area (Å²) in [7, 11) is 0. The van der Waals surface area contributed by atoms with Gasteiger partial charge in [0, 0.05) is 6.42 Å². The average molecular weight is 409 g/mol. The van der Waals surface area contributed by atoms with E-state index in [-0.39, 0.29) is 0 Å². The van der Waals surface area contributed by atoms with Crippen LogP contribution in [0.5, 0.6) is 0 Å². The summed E-state index contributed by atoms with van der Waals surface area (Å²) < 4.78 is 0. The molecule has 0 rings (SSSR count). The Morgan fingerprint density at radius 3 is 1.14 bits per heavy atom. The van der Waals surface area contributed by atoms with Gasteiger partial charge in [0.25, 0.3) is 0 Å². The molecule has 0 saturated carbocycles. The summed E-state index contributed by atoms with van der Waals surface area (Å²) in [4.78, 5) is 10.3. The van der Waals surface area contributed by atoms with Crippen LogP contribution in [0.15, 0.2) is 0 Å². The van der Waals surface area contributed by atoms with Gasteiger partial charge in [-0.15, -0.1) is 0 Å². The summed E-state index contributed by atoms with van der Waals surface area (Å²) in [5, 5.41) is 0. The van der Waals surface area contributed by atoms with Crippen LogP contribution in [0.3, 0.4) is 0 Å². The molecule has 1 heteroatoms. The molecule has 0 aromatic heterocycles. The Bertz CT molecular complexity index is 299. The maximum absolute atomic E-state index is 10.3. The van der Waals surface area contributed by atoms with Crippen molar-refractivity contribution in [3.8, 4) is 0 Å². The Kier molecular flexibility index (Phi) is 25.4. The van der Waals surface area contributed by atoms with E-state index >= 15 is 0 Å². The minimum Gasteiger partial charge on any atom is -0.303 e. The zero-order chi connectivity index (χ0) is 21.3. The Labute approximate surface area is 185 Å². The van der Waals surface area contributed by atoms with Gasteiger partial charge in [-0.3, -0.25) is 0 Å². The first-order valence-electron chi connectivity index (χ1n) is 13.7. The van der Waals surface area contributed by atoms with E-state index in [1.807, 2.05) is 0 Å². The zero-order valence-corrected chi connectivity index (χ0v) is 20.5. The van der Waals surface area contributed by atoms with Crippen molar-refractivity contribution in [1.82, 2.24) is 0 Å². The molecule has 0 aromatic carbocycles. The maximum Gasteiger partial charge on any atom is 0.119 e. The van der Waals surface area contributed by atoms with E-state index in [1.165, 1.54) is 141 Å². The number of aldehydes is 1. The summed E-state index contributed by atoms with van der Waals surface area (Å²) >= 11 is 0. The average Bonchev–Trinajstić information content (AvgIpc) is 2.72. The molecular formula is C28H56O. The summed E-state index contributed by atoms with van der Waals surface area (Å²) in [6, 6.07) is 0. The third kappa shape index (κ3) is 25.6. The highest BCUT2D eigenvalue weighted by Crippen LogP contribution is 2.19. The van der Waals surface area contributed by atoms with Gasteiger partial charge in [-0.05, 0) is 12.3 Å². The molecule has 0 bridgehead atoms. The summed E-state index contributed by atoms with van der Waals surface area (Å²) in [5.74, 6) is 0.941. The molecule has 0 spiro atoms. The smallest absolute Gasteiger partial charge is 0.119 e. The first kappa shape index (κ1) is 28.7. The second-order valence-electron chi connectivity index (χ2n) is 9.71. The molecule has 0 fully saturated rings. The number of carbonyl (C=O) groups excluding carboxylic acids is 1. The monoisotopic (exact) mass is 408 g/mol. The van der Waals surface area contributed by atoms with Crippen LogP contribution in [0.25, 0.3) is 0 Å². The third-order valence-corrected chi connectivity index (χ3v) is 6.57. The van der Waals surface area contributed by atoms with Crippen molar-refractivity contribution >= 4 is 6.29 Å². The van der Waals surface area contributed by atoms with Crippen LogP contribution in [0.4, 0.5) is 0 Å². The molecule has 0 aliphatic heterocycles. The zero-order valence-electron chi connectivity index (χ0n) is 20.5. The summed E-state index contributed by atoms with van der Waals surface area (Å²) in [5.41, 5.74) is 0. The van der Waals surface area contributed by atoms with Crippen LogP contribution >= 0.6 is 0 Å². The van der Waals surface area contributed by atoms with Gasteiger partial charge in [0.2, 0.25) is 0 Å². The van der Waals surface area contributed by atoms with E-state index < -0.39 is 0 Å². The fourth-order valence-electron chi connectivity index (χ4n) is 4.44. The second-order valence-corrected chi connectivity index (χ2v) is 9.71. The predicted molar refractivity (Wildman–Crippen MR) is 132 cm³/mol. The van der Waals surface area contributed by atoms with E-state index in [9.17, 15) is 4.79 Å². The van der Waals surface area contributed by atoms with Crippen molar-refractivity contribution in [2.75, 3.05) is 0 Å². The van der Waals surface area contributed by atoms with Crippen molar-refractivity contribution in [3.05, 3.63) is 0 Å². The number of rotatable bonds is 25. The molecule has 0 amide bonds.